The molecule has 0 aliphatic heterocycles. The van der Waals surface area contributed by atoms with E-state index in [1.54, 1.807) is 0 Å². The molecule has 1 aliphatic rings. The summed E-state index contributed by atoms with van der Waals surface area (Å²) in [5, 5.41) is 8.09. The summed E-state index contributed by atoms with van der Waals surface area (Å²) in [5.41, 5.74) is 5.35. The number of anilines is 1. The van der Waals surface area contributed by atoms with Crippen molar-refractivity contribution < 1.29 is 0 Å². The summed E-state index contributed by atoms with van der Waals surface area (Å²) in [4.78, 5) is 2.13. The Morgan fingerprint density at radius 3 is 2.76 bits per heavy atom. The van der Waals surface area contributed by atoms with Crippen molar-refractivity contribution in [2.24, 2.45) is 7.05 Å². The molecule has 0 saturated carbocycles. The highest BCUT2D eigenvalue weighted by Crippen LogP contribution is 2.29. The van der Waals surface area contributed by atoms with Crippen LogP contribution in [0.5, 0.6) is 0 Å². The Bertz CT molecular complexity index is 598. The van der Waals surface area contributed by atoms with E-state index >= 15 is 0 Å². The van der Waals surface area contributed by atoms with Gasteiger partial charge in [0.15, 0.2) is 0 Å². The molecule has 0 fully saturated rings. The molecule has 112 valence electrons. The highest BCUT2D eigenvalue weighted by atomic mass is 15.3. The van der Waals surface area contributed by atoms with E-state index in [0.29, 0.717) is 6.04 Å². The van der Waals surface area contributed by atoms with Crippen LogP contribution in [0, 0.1) is 0 Å². The van der Waals surface area contributed by atoms with Crippen molar-refractivity contribution in [1.29, 1.82) is 0 Å². The minimum atomic E-state index is 0.441. The summed E-state index contributed by atoms with van der Waals surface area (Å²) in [5.74, 6) is 0. The van der Waals surface area contributed by atoms with Crippen LogP contribution in [0.3, 0.4) is 0 Å². The largest absolute Gasteiger partial charge is 0.378 e. The second-order valence-corrected chi connectivity index (χ2v) is 6.06. The quantitative estimate of drug-likeness (QED) is 0.937. The molecule has 1 N–H and O–H groups in total. The number of benzene rings is 1. The molecule has 1 atom stereocenters. The molecule has 1 aromatic heterocycles. The molecular formula is C17H24N4. The van der Waals surface area contributed by atoms with Crippen LogP contribution in [0.1, 0.15) is 35.7 Å². The van der Waals surface area contributed by atoms with Gasteiger partial charge in [0, 0.05) is 50.7 Å². The zero-order valence-corrected chi connectivity index (χ0v) is 13.1. The molecule has 4 nitrogen and oxygen atoms in total. The average molecular weight is 284 g/mol. The van der Waals surface area contributed by atoms with Gasteiger partial charge in [-0.2, -0.15) is 5.10 Å². The first-order valence-electron chi connectivity index (χ1n) is 7.65. The number of nitrogens with one attached hydrogen (secondary N) is 1. The van der Waals surface area contributed by atoms with Gasteiger partial charge >= 0.3 is 0 Å². The Labute approximate surface area is 126 Å². The molecular weight excluding hydrogens is 260 g/mol. The van der Waals surface area contributed by atoms with Gasteiger partial charge in [0.2, 0.25) is 0 Å². The fourth-order valence-electron chi connectivity index (χ4n) is 3.07. The lowest BCUT2D eigenvalue weighted by molar-refractivity contribution is 0.452. The van der Waals surface area contributed by atoms with E-state index in [2.05, 4.69) is 53.7 Å². The Balaban J connectivity index is 1.65. The number of rotatable bonds is 4. The summed E-state index contributed by atoms with van der Waals surface area (Å²) in [7, 11) is 6.18. The van der Waals surface area contributed by atoms with Crippen LogP contribution in [0.15, 0.2) is 30.5 Å². The minimum Gasteiger partial charge on any atom is -0.378 e. The topological polar surface area (TPSA) is 33.1 Å². The van der Waals surface area contributed by atoms with Crippen molar-refractivity contribution in [3.8, 4) is 0 Å². The smallest absolute Gasteiger partial charge is 0.0540 e. The van der Waals surface area contributed by atoms with Gasteiger partial charge < -0.3 is 10.2 Å². The highest BCUT2D eigenvalue weighted by molar-refractivity contribution is 5.46. The van der Waals surface area contributed by atoms with Crippen molar-refractivity contribution in [2.45, 2.75) is 31.8 Å². The van der Waals surface area contributed by atoms with Crippen molar-refractivity contribution in [2.75, 3.05) is 19.0 Å². The van der Waals surface area contributed by atoms with Crippen molar-refractivity contribution in [1.82, 2.24) is 15.1 Å². The molecule has 4 heteroatoms. The fraction of sp³-hybridized carbons (Fsp3) is 0.471. The summed E-state index contributed by atoms with van der Waals surface area (Å²) >= 11 is 0. The monoisotopic (exact) mass is 284 g/mol. The first-order valence-corrected chi connectivity index (χ1v) is 7.65. The maximum absolute atomic E-state index is 4.41. The van der Waals surface area contributed by atoms with E-state index in [-0.39, 0.29) is 0 Å². The Kier molecular flexibility index (Phi) is 3.97. The molecule has 21 heavy (non-hydrogen) atoms. The Morgan fingerprint density at radius 2 is 2.05 bits per heavy atom. The zero-order chi connectivity index (χ0) is 14.8. The third-order valence-corrected chi connectivity index (χ3v) is 4.38. The van der Waals surface area contributed by atoms with Crippen molar-refractivity contribution >= 4 is 5.69 Å². The van der Waals surface area contributed by atoms with Gasteiger partial charge in [-0.3, -0.25) is 4.68 Å². The molecule has 0 bridgehead atoms. The molecule has 1 aliphatic carbocycles. The summed E-state index contributed by atoms with van der Waals surface area (Å²) < 4.78 is 2.02. The normalized spacial score (nSPS) is 17.6. The molecule has 0 radical (unpaired) electrons. The van der Waals surface area contributed by atoms with Gasteiger partial charge in [0.25, 0.3) is 0 Å². The third-order valence-electron chi connectivity index (χ3n) is 4.38. The molecule has 1 aromatic carbocycles. The Morgan fingerprint density at radius 1 is 1.29 bits per heavy atom. The van der Waals surface area contributed by atoms with Crippen molar-refractivity contribution in [3.05, 3.63) is 47.3 Å². The van der Waals surface area contributed by atoms with Crippen molar-refractivity contribution in [3.63, 3.8) is 0 Å². The number of nitrogens with zero attached hydrogens (tertiary/aromatic N) is 3. The van der Waals surface area contributed by atoms with Gasteiger partial charge in [0.1, 0.15) is 0 Å². The number of aryl methyl sites for hydroxylation is 1. The van der Waals surface area contributed by atoms with Gasteiger partial charge in [-0.05, 0) is 37.0 Å². The van der Waals surface area contributed by atoms with E-state index in [4.69, 9.17) is 0 Å². The molecule has 1 heterocycles. The second-order valence-electron chi connectivity index (χ2n) is 6.06. The summed E-state index contributed by atoms with van der Waals surface area (Å²) in [6.07, 6.45) is 5.63. The number of aromatic nitrogens is 2. The van der Waals surface area contributed by atoms with Crippen LogP contribution in [0.4, 0.5) is 5.69 Å². The van der Waals surface area contributed by atoms with Crippen LogP contribution >= 0.6 is 0 Å². The highest BCUT2D eigenvalue weighted by Gasteiger charge is 2.22. The maximum Gasteiger partial charge on any atom is 0.0540 e. The lowest BCUT2D eigenvalue weighted by Crippen LogP contribution is -2.24. The maximum atomic E-state index is 4.41. The van der Waals surface area contributed by atoms with E-state index < -0.39 is 0 Å². The first-order chi connectivity index (χ1) is 10.1. The van der Waals surface area contributed by atoms with Gasteiger partial charge in [-0.25, -0.2) is 0 Å². The number of hydrogen-bond donors (Lipinski definition) is 1. The van der Waals surface area contributed by atoms with E-state index in [9.17, 15) is 0 Å². The first kappa shape index (κ1) is 14.1. The molecule has 3 rings (SSSR count). The molecule has 0 spiro atoms. The summed E-state index contributed by atoms with van der Waals surface area (Å²) in [6.45, 7) is 0.909. The van der Waals surface area contributed by atoms with Crippen LogP contribution < -0.4 is 10.2 Å². The van der Waals surface area contributed by atoms with E-state index in [1.807, 2.05) is 17.9 Å². The van der Waals surface area contributed by atoms with Crippen LogP contribution in [-0.4, -0.2) is 23.9 Å². The molecule has 0 amide bonds. The predicted molar refractivity (Wildman–Crippen MR) is 86.5 cm³/mol. The lowest BCUT2D eigenvalue weighted by Gasteiger charge is -2.24. The minimum absolute atomic E-state index is 0.441. The van der Waals surface area contributed by atoms with Crippen LogP contribution in [-0.2, 0) is 20.0 Å². The van der Waals surface area contributed by atoms with Gasteiger partial charge in [-0.15, -0.1) is 0 Å². The second kappa shape index (κ2) is 5.90. The SMILES string of the molecule is CN(C)c1ccc(CNC2CCCc3c2cnn3C)cc1. The molecule has 1 unspecified atom stereocenters. The van der Waals surface area contributed by atoms with Gasteiger partial charge in [-0.1, -0.05) is 12.1 Å². The lowest BCUT2D eigenvalue weighted by atomic mass is 9.93. The standard InChI is InChI=1S/C17H24N4/c1-20(2)14-9-7-13(8-10-14)11-18-16-5-4-6-17-15(16)12-19-21(17)3/h7-10,12,16,18H,4-6,11H2,1-3H3. The number of fused-ring (bicyclic) bond motifs is 1. The zero-order valence-electron chi connectivity index (χ0n) is 13.1. The molecule has 0 saturated heterocycles. The van der Waals surface area contributed by atoms with E-state index in [1.165, 1.54) is 35.3 Å². The van der Waals surface area contributed by atoms with Gasteiger partial charge in [0.05, 0.1) is 6.20 Å². The summed E-state index contributed by atoms with van der Waals surface area (Å²) in [6, 6.07) is 9.20. The van der Waals surface area contributed by atoms with E-state index in [0.717, 1.165) is 13.0 Å². The predicted octanol–water partition coefficient (Wildman–Crippen LogP) is 2.65. The fourth-order valence-corrected chi connectivity index (χ4v) is 3.07. The average Bonchev–Trinajstić information content (AvgIpc) is 2.88. The third kappa shape index (κ3) is 2.95. The number of hydrogen-bond acceptors (Lipinski definition) is 3. The Hall–Kier alpha value is -1.81. The van der Waals surface area contributed by atoms with Crippen LogP contribution in [0.2, 0.25) is 0 Å². The van der Waals surface area contributed by atoms with Crippen LogP contribution in [0.25, 0.3) is 0 Å². The molecule has 2 aromatic rings.